The Kier molecular flexibility index (Phi) is 11.2. The molecule has 0 radical (unpaired) electrons. The number of benzene rings is 1. The molecule has 0 fully saturated rings. The molecular formula is C21H33NO5. The fraction of sp³-hybridized carbons (Fsp3) is 0.619. The molecule has 27 heavy (non-hydrogen) atoms. The van der Waals surface area contributed by atoms with Crippen LogP contribution < -0.4 is 4.74 Å². The van der Waals surface area contributed by atoms with Gasteiger partial charge in [0, 0.05) is 26.3 Å². The van der Waals surface area contributed by atoms with Crippen LogP contribution in [0.5, 0.6) is 5.75 Å². The number of ether oxygens (including phenoxy) is 3. The largest absolute Gasteiger partial charge is 0.497 e. The number of methoxy groups -OCH3 is 2. The van der Waals surface area contributed by atoms with E-state index in [1.54, 1.807) is 18.9 Å². The fourth-order valence-corrected chi connectivity index (χ4v) is 2.66. The van der Waals surface area contributed by atoms with Gasteiger partial charge in [0.15, 0.2) is 0 Å². The molecule has 0 aliphatic heterocycles. The number of rotatable bonds is 13. The van der Waals surface area contributed by atoms with E-state index in [9.17, 15) is 9.59 Å². The van der Waals surface area contributed by atoms with E-state index in [1.165, 1.54) is 7.11 Å². The summed E-state index contributed by atoms with van der Waals surface area (Å²) in [7, 11) is 2.97. The summed E-state index contributed by atoms with van der Waals surface area (Å²) in [5.41, 5.74) is 0.913. The molecule has 1 aromatic rings. The second kappa shape index (κ2) is 13.1. The van der Waals surface area contributed by atoms with Crippen LogP contribution in [-0.2, 0) is 25.5 Å². The number of amides is 1. The monoisotopic (exact) mass is 379 g/mol. The molecule has 0 saturated carbocycles. The summed E-state index contributed by atoms with van der Waals surface area (Å²) in [5, 5.41) is 0. The van der Waals surface area contributed by atoms with Crippen LogP contribution in [-0.4, -0.2) is 57.3 Å². The minimum absolute atomic E-state index is 0.00974. The first-order chi connectivity index (χ1) is 13.0. The van der Waals surface area contributed by atoms with Crippen LogP contribution in [0, 0.1) is 5.92 Å². The highest BCUT2D eigenvalue weighted by molar-refractivity contribution is 5.80. The average molecular weight is 379 g/mol. The first kappa shape index (κ1) is 23.0. The zero-order valence-corrected chi connectivity index (χ0v) is 17.0. The van der Waals surface area contributed by atoms with E-state index in [4.69, 9.17) is 14.2 Å². The molecule has 1 aromatic carbocycles. The molecule has 0 aliphatic carbocycles. The number of carbonyl (C=O) groups is 2. The van der Waals surface area contributed by atoms with Gasteiger partial charge in [-0.05, 0) is 30.5 Å². The summed E-state index contributed by atoms with van der Waals surface area (Å²) in [6.07, 6.45) is 3.17. The first-order valence-electron chi connectivity index (χ1n) is 9.58. The molecule has 1 unspecified atom stereocenters. The van der Waals surface area contributed by atoms with Gasteiger partial charge in [-0.15, -0.1) is 0 Å². The van der Waals surface area contributed by atoms with Gasteiger partial charge in [0.05, 0.1) is 26.6 Å². The van der Waals surface area contributed by atoms with Gasteiger partial charge in [-0.25, -0.2) is 0 Å². The lowest BCUT2D eigenvalue weighted by molar-refractivity contribution is -0.146. The van der Waals surface area contributed by atoms with Crippen molar-refractivity contribution in [2.24, 2.45) is 5.92 Å². The zero-order chi connectivity index (χ0) is 20.1. The SMILES string of the molecule is CCCCOCCCN(CC(C)C(=O)OC)C(=O)Cc1ccc(OC)cc1. The minimum Gasteiger partial charge on any atom is -0.497 e. The summed E-state index contributed by atoms with van der Waals surface area (Å²) < 4.78 is 15.5. The molecule has 6 nitrogen and oxygen atoms in total. The van der Waals surface area contributed by atoms with Crippen LogP contribution in [0.25, 0.3) is 0 Å². The van der Waals surface area contributed by atoms with Gasteiger partial charge in [0.25, 0.3) is 0 Å². The Morgan fingerprint density at radius 1 is 1.07 bits per heavy atom. The van der Waals surface area contributed by atoms with Gasteiger partial charge in [-0.1, -0.05) is 32.4 Å². The van der Waals surface area contributed by atoms with Gasteiger partial charge in [0.2, 0.25) is 5.91 Å². The summed E-state index contributed by atoms with van der Waals surface area (Å²) in [5.74, 6) is 0.0725. The van der Waals surface area contributed by atoms with Crippen molar-refractivity contribution in [3.8, 4) is 5.75 Å². The Balaban J connectivity index is 2.63. The zero-order valence-electron chi connectivity index (χ0n) is 17.0. The van der Waals surface area contributed by atoms with Gasteiger partial charge in [-0.3, -0.25) is 9.59 Å². The van der Waals surface area contributed by atoms with Crippen molar-refractivity contribution in [1.82, 2.24) is 4.90 Å². The van der Waals surface area contributed by atoms with Gasteiger partial charge < -0.3 is 19.1 Å². The normalized spacial score (nSPS) is 11.7. The lowest BCUT2D eigenvalue weighted by atomic mass is 10.1. The van der Waals surface area contributed by atoms with Crippen LogP contribution in [0.2, 0.25) is 0 Å². The van der Waals surface area contributed by atoms with Crippen LogP contribution in [0.3, 0.4) is 0 Å². The van der Waals surface area contributed by atoms with E-state index in [1.807, 2.05) is 24.3 Å². The number of hydrogen-bond donors (Lipinski definition) is 0. The predicted octanol–water partition coefficient (Wildman–Crippen LogP) is 3.08. The minimum atomic E-state index is -0.365. The highest BCUT2D eigenvalue weighted by atomic mass is 16.5. The van der Waals surface area contributed by atoms with E-state index < -0.39 is 0 Å². The highest BCUT2D eigenvalue weighted by Gasteiger charge is 2.21. The molecular weight excluding hydrogens is 346 g/mol. The fourth-order valence-electron chi connectivity index (χ4n) is 2.66. The molecule has 0 bridgehead atoms. The third kappa shape index (κ3) is 8.91. The molecule has 152 valence electrons. The number of hydrogen-bond acceptors (Lipinski definition) is 5. The first-order valence-corrected chi connectivity index (χ1v) is 9.58. The molecule has 0 N–H and O–H groups in total. The lowest BCUT2D eigenvalue weighted by Crippen LogP contribution is -2.39. The number of carbonyl (C=O) groups excluding carboxylic acids is 2. The smallest absolute Gasteiger partial charge is 0.310 e. The Bertz CT molecular complexity index is 558. The standard InChI is InChI=1S/C21H33NO5/c1-5-6-13-27-14-7-12-22(16-17(2)21(24)26-4)20(23)15-18-8-10-19(25-3)11-9-18/h8-11,17H,5-7,12-16H2,1-4H3. The number of nitrogens with zero attached hydrogens (tertiary/aromatic N) is 1. The van der Waals surface area contributed by atoms with Crippen molar-refractivity contribution < 1.29 is 23.8 Å². The Morgan fingerprint density at radius 2 is 1.74 bits per heavy atom. The quantitative estimate of drug-likeness (QED) is 0.389. The van der Waals surface area contributed by atoms with Gasteiger partial charge in [-0.2, -0.15) is 0 Å². The van der Waals surface area contributed by atoms with Crippen molar-refractivity contribution in [3.05, 3.63) is 29.8 Å². The molecule has 0 aromatic heterocycles. The van der Waals surface area contributed by atoms with E-state index >= 15 is 0 Å². The number of esters is 1. The molecule has 0 heterocycles. The summed E-state index contributed by atoms with van der Waals surface area (Å²) >= 11 is 0. The van der Waals surface area contributed by atoms with E-state index in [-0.39, 0.29) is 24.2 Å². The van der Waals surface area contributed by atoms with Gasteiger partial charge in [0.1, 0.15) is 5.75 Å². The van der Waals surface area contributed by atoms with Crippen molar-refractivity contribution in [2.75, 3.05) is 40.5 Å². The predicted molar refractivity (Wildman–Crippen MR) is 105 cm³/mol. The summed E-state index contributed by atoms with van der Waals surface area (Å²) in [6, 6.07) is 7.44. The molecule has 0 spiro atoms. The lowest BCUT2D eigenvalue weighted by Gasteiger charge is -2.25. The van der Waals surface area contributed by atoms with Gasteiger partial charge >= 0.3 is 5.97 Å². The van der Waals surface area contributed by atoms with Crippen LogP contribution >= 0.6 is 0 Å². The Labute approximate surface area is 162 Å². The molecule has 0 saturated heterocycles. The van der Waals surface area contributed by atoms with Crippen molar-refractivity contribution in [1.29, 1.82) is 0 Å². The topological polar surface area (TPSA) is 65.1 Å². The maximum atomic E-state index is 12.8. The van der Waals surface area contributed by atoms with Crippen molar-refractivity contribution in [2.45, 2.75) is 39.5 Å². The third-order valence-corrected chi connectivity index (χ3v) is 4.32. The Hall–Kier alpha value is -2.08. The average Bonchev–Trinajstić information content (AvgIpc) is 2.69. The van der Waals surface area contributed by atoms with E-state index in [0.717, 1.165) is 37.2 Å². The maximum absolute atomic E-state index is 12.8. The van der Waals surface area contributed by atoms with Crippen LogP contribution in [0.15, 0.2) is 24.3 Å². The molecule has 1 amide bonds. The Morgan fingerprint density at radius 3 is 2.33 bits per heavy atom. The van der Waals surface area contributed by atoms with E-state index in [0.29, 0.717) is 19.7 Å². The molecule has 0 aliphatic rings. The van der Waals surface area contributed by atoms with Crippen LogP contribution in [0.4, 0.5) is 0 Å². The third-order valence-electron chi connectivity index (χ3n) is 4.32. The van der Waals surface area contributed by atoms with E-state index in [2.05, 4.69) is 6.92 Å². The van der Waals surface area contributed by atoms with Crippen LogP contribution in [0.1, 0.15) is 38.7 Å². The van der Waals surface area contributed by atoms with Crippen molar-refractivity contribution in [3.63, 3.8) is 0 Å². The summed E-state index contributed by atoms with van der Waals surface area (Å²) in [6.45, 7) is 6.15. The second-order valence-electron chi connectivity index (χ2n) is 6.61. The second-order valence-corrected chi connectivity index (χ2v) is 6.61. The summed E-state index contributed by atoms with van der Waals surface area (Å²) in [4.78, 5) is 26.3. The molecule has 6 heteroatoms. The number of unbranched alkanes of at least 4 members (excludes halogenated alkanes) is 1. The van der Waals surface area contributed by atoms with Crippen molar-refractivity contribution >= 4 is 11.9 Å². The highest BCUT2D eigenvalue weighted by Crippen LogP contribution is 2.13. The molecule has 1 atom stereocenters. The molecule has 1 rings (SSSR count). The maximum Gasteiger partial charge on any atom is 0.310 e.